The second-order valence-corrected chi connectivity index (χ2v) is 6.46. The van der Waals surface area contributed by atoms with E-state index in [0.717, 1.165) is 10.1 Å². The third kappa shape index (κ3) is 3.13. The van der Waals surface area contributed by atoms with Gasteiger partial charge in [0.05, 0.1) is 10.9 Å². The number of halogens is 1. The molecule has 3 aromatic rings. The molecule has 8 heteroatoms. The number of rotatable bonds is 3. The van der Waals surface area contributed by atoms with Crippen molar-refractivity contribution in [2.24, 2.45) is 14.1 Å². The molecule has 0 saturated heterocycles. The van der Waals surface area contributed by atoms with Gasteiger partial charge in [0, 0.05) is 31.4 Å². The molecule has 0 unspecified atom stereocenters. The minimum atomic E-state index is -0.549. The molecule has 0 fully saturated rings. The number of aromatic nitrogens is 3. The summed E-state index contributed by atoms with van der Waals surface area (Å²) in [6.07, 6.45) is 0. The van der Waals surface area contributed by atoms with E-state index in [1.165, 1.54) is 18.7 Å². The van der Waals surface area contributed by atoms with Crippen LogP contribution in [0.5, 0.6) is 0 Å². The lowest BCUT2D eigenvalue weighted by molar-refractivity contribution is 0.0952. The molecule has 134 valence electrons. The van der Waals surface area contributed by atoms with Crippen molar-refractivity contribution in [1.82, 2.24) is 19.4 Å². The van der Waals surface area contributed by atoms with Gasteiger partial charge in [0.2, 0.25) is 0 Å². The molecule has 1 aromatic carbocycles. The van der Waals surface area contributed by atoms with Gasteiger partial charge in [-0.25, -0.2) is 9.78 Å². The lowest BCUT2D eigenvalue weighted by Crippen LogP contribution is -2.38. The van der Waals surface area contributed by atoms with Crippen LogP contribution in [0.4, 0.5) is 0 Å². The summed E-state index contributed by atoms with van der Waals surface area (Å²) in [5.41, 5.74) is 0.753. The average Bonchev–Trinajstić information content (AvgIpc) is 2.63. The molecule has 2 aromatic heterocycles. The molecule has 1 amide bonds. The van der Waals surface area contributed by atoms with Gasteiger partial charge in [0.25, 0.3) is 11.5 Å². The number of hydrogen-bond donors (Lipinski definition) is 1. The highest BCUT2D eigenvalue weighted by Crippen LogP contribution is 2.14. The second-order valence-electron chi connectivity index (χ2n) is 6.02. The Morgan fingerprint density at radius 1 is 1.15 bits per heavy atom. The van der Waals surface area contributed by atoms with Crippen molar-refractivity contribution in [3.05, 3.63) is 73.0 Å². The summed E-state index contributed by atoms with van der Waals surface area (Å²) in [5.74, 6) is -0.411. The van der Waals surface area contributed by atoms with Crippen LogP contribution in [0.1, 0.15) is 21.6 Å². The van der Waals surface area contributed by atoms with E-state index in [4.69, 9.17) is 11.6 Å². The van der Waals surface area contributed by atoms with Crippen molar-refractivity contribution >= 4 is 28.5 Å². The maximum atomic E-state index is 12.7. The first-order valence-electron chi connectivity index (χ1n) is 7.89. The molecule has 0 aliphatic carbocycles. The van der Waals surface area contributed by atoms with Gasteiger partial charge < -0.3 is 5.32 Å². The molecule has 7 nitrogen and oxygen atoms in total. The maximum absolute atomic E-state index is 12.7. The van der Waals surface area contributed by atoms with Crippen molar-refractivity contribution < 1.29 is 4.79 Å². The fourth-order valence-electron chi connectivity index (χ4n) is 2.74. The highest BCUT2D eigenvalue weighted by atomic mass is 35.5. The van der Waals surface area contributed by atoms with Crippen molar-refractivity contribution in [3.8, 4) is 0 Å². The Kier molecular flexibility index (Phi) is 4.65. The summed E-state index contributed by atoms with van der Waals surface area (Å²) in [7, 11) is 2.89. The Bertz CT molecular complexity index is 1130. The first kappa shape index (κ1) is 17.9. The SMILES string of the molecule is Cc1cc(C(=O)NCc2ccc(Cl)cc2)c2c(=O)n(C)c(=O)n(C)c2n1. The number of carbonyl (C=O) groups is 1. The van der Waals surface area contributed by atoms with E-state index in [1.54, 1.807) is 37.3 Å². The summed E-state index contributed by atoms with van der Waals surface area (Å²) in [6, 6.07) is 8.63. The van der Waals surface area contributed by atoms with E-state index < -0.39 is 17.2 Å². The number of carbonyl (C=O) groups excluding carboxylic acids is 1. The number of amides is 1. The van der Waals surface area contributed by atoms with Crippen LogP contribution >= 0.6 is 11.6 Å². The van der Waals surface area contributed by atoms with Gasteiger partial charge in [0.15, 0.2) is 0 Å². The highest BCUT2D eigenvalue weighted by molar-refractivity contribution is 6.30. The van der Waals surface area contributed by atoms with Crippen LogP contribution in [0.25, 0.3) is 11.0 Å². The lowest BCUT2D eigenvalue weighted by atomic mass is 10.1. The topological polar surface area (TPSA) is 86.0 Å². The van der Waals surface area contributed by atoms with Crippen LogP contribution in [-0.4, -0.2) is 20.0 Å². The predicted molar refractivity (Wildman–Crippen MR) is 99.6 cm³/mol. The molecule has 0 radical (unpaired) electrons. The first-order valence-corrected chi connectivity index (χ1v) is 8.27. The fourth-order valence-corrected chi connectivity index (χ4v) is 2.87. The Balaban J connectivity index is 2.06. The van der Waals surface area contributed by atoms with Crippen LogP contribution in [0, 0.1) is 6.92 Å². The van der Waals surface area contributed by atoms with Gasteiger partial charge in [-0.05, 0) is 30.7 Å². The molecule has 0 saturated carbocycles. The second kappa shape index (κ2) is 6.76. The van der Waals surface area contributed by atoms with E-state index in [-0.39, 0.29) is 23.1 Å². The van der Waals surface area contributed by atoms with Crippen LogP contribution < -0.4 is 16.6 Å². The van der Waals surface area contributed by atoms with Crippen LogP contribution in [0.3, 0.4) is 0 Å². The number of nitrogens with zero attached hydrogens (tertiary/aromatic N) is 3. The third-order valence-corrected chi connectivity index (χ3v) is 4.40. The lowest BCUT2D eigenvalue weighted by Gasteiger charge is -2.12. The first-order chi connectivity index (χ1) is 12.3. The summed E-state index contributed by atoms with van der Waals surface area (Å²) < 4.78 is 2.23. The van der Waals surface area contributed by atoms with E-state index >= 15 is 0 Å². The zero-order chi connectivity index (χ0) is 19.0. The zero-order valence-corrected chi connectivity index (χ0v) is 15.3. The quantitative estimate of drug-likeness (QED) is 0.755. The Hall–Kier alpha value is -2.93. The molecule has 0 spiro atoms. The fraction of sp³-hybridized carbons (Fsp3) is 0.222. The highest BCUT2D eigenvalue weighted by Gasteiger charge is 2.19. The van der Waals surface area contributed by atoms with Gasteiger partial charge in [-0.1, -0.05) is 23.7 Å². The number of nitrogens with one attached hydrogen (secondary N) is 1. The van der Waals surface area contributed by atoms with Crippen LogP contribution in [-0.2, 0) is 20.6 Å². The minimum absolute atomic E-state index is 0.119. The van der Waals surface area contributed by atoms with Crippen LogP contribution in [0.2, 0.25) is 5.02 Å². The molecule has 3 rings (SSSR count). The Morgan fingerprint density at radius 2 is 1.81 bits per heavy atom. The number of fused-ring (bicyclic) bond motifs is 1. The summed E-state index contributed by atoms with van der Waals surface area (Å²) in [4.78, 5) is 41.6. The van der Waals surface area contributed by atoms with Gasteiger partial charge in [-0.2, -0.15) is 0 Å². The Morgan fingerprint density at radius 3 is 2.46 bits per heavy atom. The van der Waals surface area contributed by atoms with Gasteiger partial charge in [-0.15, -0.1) is 0 Å². The van der Waals surface area contributed by atoms with Crippen molar-refractivity contribution in [1.29, 1.82) is 0 Å². The van der Waals surface area contributed by atoms with Gasteiger partial charge in [0.1, 0.15) is 5.65 Å². The minimum Gasteiger partial charge on any atom is -0.348 e. The molecule has 1 N–H and O–H groups in total. The van der Waals surface area contributed by atoms with E-state index in [2.05, 4.69) is 10.3 Å². The number of aryl methyl sites for hydroxylation is 2. The number of hydrogen-bond acceptors (Lipinski definition) is 4. The third-order valence-electron chi connectivity index (χ3n) is 4.15. The Labute approximate surface area is 153 Å². The van der Waals surface area contributed by atoms with Crippen molar-refractivity contribution in [2.45, 2.75) is 13.5 Å². The van der Waals surface area contributed by atoms with Gasteiger partial charge >= 0.3 is 5.69 Å². The van der Waals surface area contributed by atoms with E-state index in [9.17, 15) is 14.4 Å². The maximum Gasteiger partial charge on any atom is 0.332 e. The monoisotopic (exact) mass is 372 g/mol. The molecule has 0 atom stereocenters. The zero-order valence-electron chi connectivity index (χ0n) is 14.5. The summed E-state index contributed by atoms with van der Waals surface area (Å²) in [5, 5.41) is 3.52. The molecule has 26 heavy (non-hydrogen) atoms. The number of benzene rings is 1. The smallest absolute Gasteiger partial charge is 0.332 e. The predicted octanol–water partition coefficient (Wildman–Crippen LogP) is 1.52. The summed E-state index contributed by atoms with van der Waals surface area (Å²) in [6.45, 7) is 1.99. The van der Waals surface area contributed by atoms with Crippen molar-refractivity contribution in [2.75, 3.05) is 0 Å². The average molecular weight is 373 g/mol. The van der Waals surface area contributed by atoms with Crippen LogP contribution in [0.15, 0.2) is 39.9 Å². The summed E-state index contributed by atoms with van der Waals surface area (Å²) >= 11 is 5.85. The molecule has 0 aliphatic heterocycles. The van der Waals surface area contributed by atoms with Crippen molar-refractivity contribution in [3.63, 3.8) is 0 Å². The molecule has 0 aliphatic rings. The largest absolute Gasteiger partial charge is 0.348 e. The normalized spacial score (nSPS) is 10.9. The standard InChI is InChI=1S/C18H17ClN4O3/c1-10-8-13(16(24)20-9-11-4-6-12(19)7-5-11)14-15(21-10)22(2)18(26)23(3)17(14)25/h4-8H,9H2,1-3H3,(H,20,24). The molecule has 2 heterocycles. The van der Waals surface area contributed by atoms with E-state index in [0.29, 0.717) is 10.7 Å². The molecule has 0 bridgehead atoms. The number of pyridine rings is 1. The van der Waals surface area contributed by atoms with E-state index in [1.807, 2.05) is 0 Å². The molecular weight excluding hydrogens is 356 g/mol. The van der Waals surface area contributed by atoms with Gasteiger partial charge in [-0.3, -0.25) is 18.7 Å². The molecular formula is C18H17ClN4O3.